The first-order valence-electron chi connectivity index (χ1n) is 5.75. The molecule has 0 amide bonds. The molecule has 2 rings (SSSR count). The van der Waals surface area contributed by atoms with Crippen LogP contribution in [0.5, 0.6) is 0 Å². The van der Waals surface area contributed by atoms with E-state index in [1.165, 1.54) is 0 Å². The summed E-state index contributed by atoms with van der Waals surface area (Å²) in [6.07, 6.45) is 1.05. The molecule has 1 heterocycles. The predicted octanol–water partition coefficient (Wildman–Crippen LogP) is 0.692. The molecular formula is C11H14F2N2O3S. The highest BCUT2D eigenvalue weighted by Gasteiger charge is 2.37. The van der Waals surface area contributed by atoms with Crippen LogP contribution in [0.4, 0.5) is 14.5 Å². The molecule has 0 aromatic heterocycles. The molecule has 0 bridgehead atoms. The van der Waals surface area contributed by atoms with Crippen LogP contribution < -0.4 is 5.73 Å². The first-order chi connectivity index (χ1) is 8.87. The fraction of sp³-hybridized carbons (Fsp3) is 0.455. The molecule has 3 N–H and O–H groups in total. The van der Waals surface area contributed by atoms with Crippen molar-refractivity contribution in [1.29, 1.82) is 0 Å². The van der Waals surface area contributed by atoms with Crippen molar-refractivity contribution in [3.05, 3.63) is 23.8 Å². The van der Waals surface area contributed by atoms with E-state index in [2.05, 4.69) is 0 Å². The summed E-state index contributed by atoms with van der Waals surface area (Å²) in [5, 5.41) is 9.13. The van der Waals surface area contributed by atoms with Gasteiger partial charge in [0.25, 0.3) is 0 Å². The number of sulfonamides is 1. The standard InChI is InChI=1S/C11H14F2N2O3S/c12-9-4-7(14)5-10(11(9)13)19(17,18)15-3-1-2-8(15)6-16/h4-5,8,16H,1-3,6,14H2/t8-/m1/s1. The SMILES string of the molecule is Nc1cc(F)c(F)c(S(=O)(=O)N2CCC[C@@H]2CO)c1. The van der Waals surface area contributed by atoms with Crippen LogP contribution in [0.1, 0.15) is 12.8 Å². The van der Waals surface area contributed by atoms with Gasteiger partial charge in [-0.15, -0.1) is 0 Å². The predicted molar refractivity (Wildman–Crippen MR) is 64.8 cm³/mol. The van der Waals surface area contributed by atoms with E-state index in [1.54, 1.807) is 0 Å². The molecule has 0 radical (unpaired) electrons. The molecular weight excluding hydrogens is 278 g/mol. The summed E-state index contributed by atoms with van der Waals surface area (Å²) in [6.45, 7) is -0.185. The second kappa shape index (κ2) is 5.03. The van der Waals surface area contributed by atoms with E-state index in [9.17, 15) is 17.2 Å². The molecule has 0 aliphatic carbocycles. The van der Waals surface area contributed by atoms with Crippen LogP contribution in [0.25, 0.3) is 0 Å². The molecule has 8 heteroatoms. The Kier molecular flexibility index (Phi) is 3.75. The molecule has 106 valence electrons. The van der Waals surface area contributed by atoms with E-state index >= 15 is 0 Å². The number of nitrogen functional groups attached to an aromatic ring is 1. The van der Waals surface area contributed by atoms with Crippen LogP contribution >= 0.6 is 0 Å². The number of nitrogens with two attached hydrogens (primary N) is 1. The van der Waals surface area contributed by atoms with Crippen LogP contribution in [-0.2, 0) is 10.0 Å². The van der Waals surface area contributed by atoms with Crippen molar-refractivity contribution in [2.24, 2.45) is 0 Å². The van der Waals surface area contributed by atoms with Gasteiger partial charge in [-0.3, -0.25) is 0 Å². The monoisotopic (exact) mass is 292 g/mol. The van der Waals surface area contributed by atoms with E-state index < -0.39 is 32.6 Å². The molecule has 0 saturated carbocycles. The largest absolute Gasteiger partial charge is 0.399 e. The lowest BCUT2D eigenvalue weighted by Gasteiger charge is -2.22. The number of aliphatic hydroxyl groups is 1. The maximum atomic E-state index is 13.7. The molecule has 1 aliphatic heterocycles. The molecule has 1 saturated heterocycles. The van der Waals surface area contributed by atoms with E-state index in [-0.39, 0.29) is 18.8 Å². The summed E-state index contributed by atoms with van der Waals surface area (Å²) in [5.74, 6) is -2.75. The molecule has 1 aromatic carbocycles. The lowest BCUT2D eigenvalue weighted by atomic mass is 10.2. The fourth-order valence-corrected chi connectivity index (χ4v) is 4.00. The Bertz CT molecular complexity index is 592. The number of nitrogens with zero attached hydrogens (tertiary/aromatic N) is 1. The van der Waals surface area contributed by atoms with Gasteiger partial charge >= 0.3 is 0 Å². The third-order valence-corrected chi connectivity index (χ3v) is 5.09. The summed E-state index contributed by atoms with van der Waals surface area (Å²) >= 11 is 0. The molecule has 1 aliphatic rings. The normalized spacial score (nSPS) is 20.9. The summed E-state index contributed by atoms with van der Waals surface area (Å²) in [7, 11) is -4.20. The number of benzene rings is 1. The van der Waals surface area contributed by atoms with Crippen molar-refractivity contribution in [2.45, 2.75) is 23.8 Å². The average molecular weight is 292 g/mol. The van der Waals surface area contributed by atoms with Gasteiger partial charge in [0.1, 0.15) is 4.90 Å². The van der Waals surface area contributed by atoms with Gasteiger partial charge in [0.2, 0.25) is 10.0 Å². The smallest absolute Gasteiger partial charge is 0.246 e. The minimum absolute atomic E-state index is 0.169. The third kappa shape index (κ3) is 2.43. The Morgan fingerprint density at radius 2 is 2.11 bits per heavy atom. The van der Waals surface area contributed by atoms with Gasteiger partial charge in [0.05, 0.1) is 6.61 Å². The Morgan fingerprint density at radius 1 is 1.42 bits per heavy atom. The second-order valence-corrected chi connectivity index (χ2v) is 6.27. The molecule has 0 unspecified atom stereocenters. The summed E-state index contributed by atoms with van der Waals surface area (Å²) in [5.41, 5.74) is 5.18. The molecule has 1 fully saturated rings. The van der Waals surface area contributed by atoms with Crippen LogP contribution in [0.15, 0.2) is 17.0 Å². The van der Waals surface area contributed by atoms with Crippen molar-refractivity contribution in [3.8, 4) is 0 Å². The number of hydrogen-bond acceptors (Lipinski definition) is 4. The third-order valence-electron chi connectivity index (χ3n) is 3.14. The van der Waals surface area contributed by atoms with E-state index in [0.717, 1.165) is 16.4 Å². The minimum atomic E-state index is -4.20. The Balaban J connectivity index is 2.51. The quantitative estimate of drug-likeness (QED) is 0.803. The van der Waals surface area contributed by atoms with Crippen LogP contribution in [-0.4, -0.2) is 37.0 Å². The minimum Gasteiger partial charge on any atom is -0.399 e. The molecule has 0 spiro atoms. The van der Waals surface area contributed by atoms with Crippen LogP contribution in [0.3, 0.4) is 0 Å². The second-order valence-electron chi connectivity index (χ2n) is 4.41. The zero-order valence-corrected chi connectivity index (χ0v) is 10.8. The van der Waals surface area contributed by atoms with Crippen molar-refractivity contribution in [2.75, 3.05) is 18.9 Å². The fourth-order valence-electron chi connectivity index (χ4n) is 2.21. The van der Waals surface area contributed by atoms with E-state index in [1.807, 2.05) is 0 Å². The number of halogens is 2. The van der Waals surface area contributed by atoms with Crippen molar-refractivity contribution >= 4 is 15.7 Å². The zero-order chi connectivity index (χ0) is 14.2. The van der Waals surface area contributed by atoms with Gasteiger partial charge < -0.3 is 10.8 Å². The number of hydrogen-bond donors (Lipinski definition) is 2. The highest BCUT2D eigenvalue weighted by atomic mass is 32.2. The number of aliphatic hydroxyl groups excluding tert-OH is 1. The van der Waals surface area contributed by atoms with E-state index in [0.29, 0.717) is 12.8 Å². The lowest BCUT2D eigenvalue weighted by molar-refractivity contribution is 0.213. The van der Waals surface area contributed by atoms with Gasteiger partial charge in [-0.25, -0.2) is 17.2 Å². The molecule has 1 atom stereocenters. The molecule has 19 heavy (non-hydrogen) atoms. The van der Waals surface area contributed by atoms with Gasteiger partial charge in [0.15, 0.2) is 11.6 Å². The number of anilines is 1. The first kappa shape index (κ1) is 14.2. The molecule has 5 nitrogen and oxygen atoms in total. The van der Waals surface area contributed by atoms with Gasteiger partial charge in [0, 0.05) is 18.3 Å². The van der Waals surface area contributed by atoms with Crippen LogP contribution in [0.2, 0.25) is 0 Å². The highest BCUT2D eigenvalue weighted by Crippen LogP contribution is 2.29. The Morgan fingerprint density at radius 3 is 2.74 bits per heavy atom. The van der Waals surface area contributed by atoms with E-state index in [4.69, 9.17) is 10.8 Å². The number of rotatable bonds is 3. The van der Waals surface area contributed by atoms with Crippen molar-refractivity contribution < 1.29 is 22.3 Å². The van der Waals surface area contributed by atoms with Gasteiger partial charge in [-0.2, -0.15) is 4.31 Å². The first-order valence-corrected chi connectivity index (χ1v) is 7.19. The van der Waals surface area contributed by atoms with Crippen molar-refractivity contribution in [1.82, 2.24) is 4.31 Å². The maximum Gasteiger partial charge on any atom is 0.246 e. The van der Waals surface area contributed by atoms with Crippen molar-refractivity contribution in [3.63, 3.8) is 0 Å². The summed E-state index contributed by atoms with van der Waals surface area (Å²) in [4.78, 5) is -0.787. The topological polar surface area (TPSA) is 83.6 Å². The lowest BCUT2D eigenvalue weighted by Crippen LogP contribution is -2.38. The summed E-state index contributed by atoms with van der Waals surface area (Å²) < 4.78 is 52.5. The van der Waals surface area contributed by atoms with Crippen LogP contribution in [0, 0.1) is 11.6 Å². The average Bonchev–Trinajstić information content (AvgIpc) is 2.82. The summed E-state index contributed by atoms with van der Waals surface area (Å²) in [6, 6.07) is 1.01. The van der Waals surface area contributed by atoms with Gasteiger partial charge in [-0.05, 0) is 25.0 Å². The molecule has 1 aromatic rings. The highest BCUT2D eigenvalue weighted by molar-refractivity contribution is 7.89. The maximum absolute atomic E-state index is 13.7. The zero-order valence-electron chi connectivity index (χ0n) is 10.0. The Hall–Kier alpha value is -1.25. The Labute approximate surface area is 109 Å². The van der Waals surface area contributed by atoms with Gasteiger partial charge in [-0.1, -0.05) is 0 Å².